The van der Waals surface area contributed by atoms with Crippen molar-refractivity contribution in [3.05, 3.63) is 35.1 Å². The van der Waals surface area contributed by atoms with Crippen LogP contribution in [0.5, 0.6) is 0 Å². The van der Waals surface area contributed by atoms with Gasteiger partial charge in [0.15, 0.2) is 5.78 Å². The molecule has 3 heteroatoms. The van der Waals surface area contributed by atoms with Crippen molar-refractivity contribution in [1.29, 1.82) is 0 Å². The number of Topliss-reactive ketones (excluding diaryl/α,β-unsaturated/α-hetero) is 1. The molecule has 1 aromatic rings. The number of hydrogen-bond acceptors (Lipinski definition) is 1. The molecule has 0 aliphatic rings. The number of aryl methyl sites for hydroxylation is 1. The smallest absolute Gasteiger partial charge is 0.173 e. The van der Waals surface area contributed by atoms with Crippen molar-refractivity contribution in [3.8, 4) is 0 Å². The third kappa shape index (κ3) is 6.01. The number of carbonyl (C=O) groups is 1. The number of ketones is 1. The van der Waals surface area contributed by atoms with Gasteiger partial charge in [0.2, 0.25) is 0 Å². The number of hydrogen-bond donors (Lipinski definition) is 0. The van der Waals surface area contributed by atoms with Gasteiger partial charge in [0, 0.05) is 5.56 Å². The highest BCUT2D eigenvalue weighted by molar-refractivity contribution is 9.09. The van der Waals surface area contributed by atoms with Gasteiger partial charge in [-0.3, -0.25) is 4.79 Å². The molecule has 0 aliphatic heterocycles. The maximum Gasteiger partial charge on any atom is 0.173 e. The van der Waals surface area contributed by atoms with Gasteiger partial charge in [0.25, 0.3) is 0 Å². The fourth-order valence-electron chi connectivity index (χ4n) is 0.843. The maximum absolute atomic E-state index is 12.9. The topological polar surface area (TPSA) is 17.1 Å². The van der Waals surface area contributed by atoms with E-state index in [0.29, 0.717) is 11.1 Å². The van der Waals surface area contributed by atoms with E-state index in [1.807, 2.05) is 0 Å². The van der Waals surface area contributed by atoms with Crippen LogP contribution in [0.2, 0.25) is 0 Å². The van der Waals surface area contributed by atoms with E-state index in [2.05, 4.69) is 36.7 Å². The lowest BCUT2D eigenvalue weighted by Crippen LogP contribution is -2.00. The first-order valence-corrected chi connectivity index (χ1v) is 6.36. The second-order valence-corrected chi connectivity index (χ2v) is 4.81. The molecule has 0 N–H and O–H groups in total. The minimum absolute atomic E-state index is 0.103. The van der Waals surface area contributed by atoms with Crippen molar-refractivity contribution in [1.82, 2.24) is 0 Å². The van der Waals surface area contributed by atoms with Crippen LogP contribution in [0.3, 0.4) is 0 Å². The summed E-state index contributed by atoms with van der Waals surface area (Å²) in [6.45, 7) is 8.16. The Hall–Kier alpha value is -0.700. The Labute approximate surface area is 105 Å². The van der Waals surface area contributed by atoms with Crippen molar-refractivity contribution in [2.45, 2.75) is 27.7 Å². The molecule has 90 valence electrons. The first kappa shape index (κ1) is 15.3. The third-order valence-electron chi connectivity index (χ3n) is 1.62. The molecule has 0 saturated carbocycles. The molecule has 0 spiro atoms. The highest BCUT2D eigenvalue weighted by atomic mass is 79.9. The average Bonchev–Trinajstić information content (AvgIpc) is 2.20. The van der Waals surface area contributed by atoms with E-state index in [9.17, 15) is 9.18 Å². The van der Waals surface area contributed by atoms with Crippen LogP contribution in [0.1, 0.15) is 36.7 Å². The molecule has 0 aliphatic carbocycles. The largest absolute Gasteiger partial charge is 0.293 e. The van der Waals surface area contributed by atoms with E-state index in [1.165, 1.54) is 6.07 Å². The molecule has 0 unspecified atom stereocenters. The summed E-state index contributed by atoms with van der Waals surface area (Å²) in [5.74, 6) is 0.399. The fraction of sp³-hybridized carbons (Fsp3) is 0.462. The van der Waals surface area contributed by atoms with Gasteiger partial charge < -0.3 is 0 Å². The Balaban J connectivity index is 0.000000487. The minimum atomic E-state index is -0.332. The predicted octanol–water partition coefficient (Wildman–Crippen LogP) is 4.37. The van der Waals surface area contributed by atoms with Gasteiger partial charge >= 0.3 is 0 Å². The number of benzene rings is 1. The molecule has 0 bridgehead atoms. The third-order valence-corrected chi connectivity index (χ3v) is 2.12. The number of halogens is 2. The van der Waals surface area contributed by atoms with Crippen molar-refractivity contribution in [2.75, 3.05) is 5.33 Å². The number of carbonyl (C=O) groups excluding carboxylic acids is 1. The van der Waals surface area contributed by atoms with Crippen LogP contribution in [0, 0.1) is 18.7 Å². The second kappa shape index (κ2) is 7.55. The lowest BCUT2D eigenvalue weighted by molar-refractivity contribution is 0.102. The standard InChI is InChI=1S/C9H8BrFO.C4H10/c1-6-2-3-7(4-8(6)11)9(12)5-10;1-4(2)3/h2-4H,5H2,1H3;4H,1-3H3. The zero-order chi connectivity index (χ0) is 12.7. The number of rotatable bonds is 2. The monoisotopic (exact) mass is 288 g/mol. The van der Waals surface area contributed by atoms with Crippen LogP contribution in [0.15, 0.2) is 18.2 Å². The molecular formula is C13H18BrFO. The normalized spacial score (nSPS) is 9.69. The molecule has 0 amide bonds. The van der Waals surface area contributed by atoms with E-state index in [4.69, 9.17) is 0 Å². The van der Waals surface area contributed by atoms with Gasteiger partial charge in [0.05, 0.1) is 5.33 Å². The molecule has 0 heterocycles. The van der Waals surface area contributed by atoms with Crippen molar-refractivity contribution >= 4 is 21.7 Å². The summed E-state index contributed by atoms with van der Waals surface area (Å²) >= 11 is 3.02. The zero-order valence-corrected chi connectivity index (χ0v) is 11.8. The van der Waals surface area contributed by atoms with E-state index in [0.717, 1.165) is 5.92 Å². The summed E-state index contributed by atoms with van der Waals surface area (Å²) in [5, 5.41) is 0.232. The Morgan fingerprint density at radius 3 is 2.25 bits per heavy atom. The summed E-state index contributed by atoms with van der Waals surface area (Å²) in [6.07, 6.45) is 0. The van der Waals surface area contributed by atoms with E-state index < -0.39 is 0 Å². The van der Waals surface area contributed by atoms with E-state index in [-0.39, 0.29) is 16.9 Å². The maximum atomic E-state index is 12.9. The number of alkyl halides is 1. The Kier molecular flexibility index (Phi) is 7.22. The molecule has 0 fully saturated rings. The molecule has 0 atom stereocenters. The lowest BCUT2D eigenvalue weighted by atomic mass is 10.1. The van der Waals surface area contributed by atoms with Gasteiger partial charge in [-0.15, -0.1) is 0 Å². The fourth-order valence-corrected chi connectivity index (χ4v) is 1.17. The average molecular weight is 289 g/mol. The van der Waals surface area contributed by atoms with Crippen LogP contribution in [0.25, 0.3) is 0 Å². The summed E-state index contributed by atoms with van der Waals surface area (Å²) in [6, 6.07) is 4.49. The molecule has 1 nitrogen and oxygen atoms in total. The summed E-state index contributed by atoms with van der Waals surface area (Å²) in [7, 11) is 0. The summed E-state index contributed by atoms with van der Waals surface area (Å²) in [5.41, 5.74) is 0.969. The SMILES string of the molecule is CC(C)C.Cc1ccc(C(=O)CBr)cc1F. The van der Waals surface area contributed by atoms with Crippen LogP contribution in [0.4, 0.5) is 4.39 Å². The van der Waals surface area contributed by atoms with Crippen molar-refractivity contribution in [3.63, 3.8) is 0 Å². The Morgan fingerprint density at radius 1 is 1.38 bits per heavy atom. The molecule has 1 aromatic carbocycles. The second-order valence-electron chi connectivity index (χ2n) is 4.25. The van der Waals surface area contributed by atoms with Crippen LogP contribution >= 0.6 is 15.9 Å². The Morgan fingerprint density at radius 2 is 1.88 bits per heavy atom. The van der Waals surface area contributed by atoms with Gasteiger partial charge in [0.1, 0.15) is 5.82 Å². The molecule has 16 heavy (non-hydrogen) atoms. The molecule has 0 saturated heterocycles. The highest BCUT2D eigenvalue weighted by Gasteiger charge is 2.05. The van der Waals surface area contributed by atoms with Crippen molar-refractivity contribution < 1.29 is 9.18 Å². The van der Waals surface area contributed by atoms with Gasteiger partial charge in [-0.1, -0.05) is 48.8 Å². The lowest BCUT2D eigenvalue weighted by Gasteiger charge is -1.99. The van der Waals surface area contributed by atoms with Crippen molar-refractivity contribution in [2.24, 2.45) is 5.92 Å². The van der Waals surface area contributed by atoms with E-state index in [1.54, 1.807) is 19.1 Å². The van der Waals surface area contributed by atoms with Gasteiger partial charge in [-0.05, 0) is 24.5 Å². The van der Waals surface area contributed by atoms with Gasteiger partial charge in [-0.2, -0.15) is 0 Å². The predicted molar refractivity (Wildman–Crippen MR) is 69.8 cm³/mol. The van der Waals surface area contributed by atoms with Crippen LogP contribution < -0.4 is 0 Å². The molecular weight excluding hydrogens is 271 g/mol. The molecule has 0 radical (unpaired) electrons. The quantitative estimate of drug-likeness (QED) is 0.583. The zero-order valence-electron chi connectivity index (χ0n) is 10.2. The van der Waals surface area contributed by atoms with E-state index >= 15 is 0 Å². The van der Waals surface area contributed by atoms with Gasteiger partial charge in [-0.25, -0.2) is 4.39 Å². The summed E-state index contributed by atoms with van der Waals surface area (Å²) < 4.78 is 12.9. The first-order chi connectivity index (χ1) is 7.38. The summed E-state index contributed by atoms with van der Waals surface area (Å²) in [4.78, 5) is 11.1. The Bertz CT molecular complexity index is 345. The van der Waals surface area contributed by atoms with Crippen LogP contribution in [-0.2, 0) is 0 Å². The minimum Gasteiger partial charge on any atom is -0.293 e. The highest BCUT2D eigenvalue weighted by Crippen LogP contribution is 2.10. The van der Waals surface area contributed by atoms with Crippen LogP contribution in [-0.4, -0.2) is 11.1 Å². The first-order valence-electron chi connectivity index (χ1n) is 5.23. The molecule has 1 rings (SSSR count). The molecule has 0 aromatic heterocycles.